The lowest BCUT2D eigenvalue weighted by molar-refractivity contribution is -0.146. The fourth-order valence-electron chi connectivity index (χ4n) is 3.14. The normalized spacial score (nSPS) is 11.6. The topological polar surface area (TPSA) is 147 Å². The molecule has 0 unspecified atom stereocenters. The lowest BCUT2D eigenvalue weighted by Gasteiger charge is -2.13. The molecule has 3 aromatic carbocycles. The number of halogens is 5. The summed E-state index contributed by atoms with van der Waals surface area (Å²) in [7, 11) is 0. The fraction of sp³-hybridized carbons (Fsp3) is 0.148. The van der Waals surface area contributed by atoms with Crippen molar-refractivity contribution in [1.82, 2.24) is 14.9 Å². The minimum absolute atomic E-state index is 0.0246. The van der Waals surface area contributed by atoms with Crippen molar-refractivity contribution in [2.24, 2.45) is 0 Å². The second-order valence-electron chi connectivity index (χ2n) is 8.41. The average Bonchev–Trinajstić information content (AvgIpc) is 2.94. The van der Waals surface area contributed by atoms with Gasteiger partial charge in [-0.15, -0.1) is 10.2 Å². The molecular formula is C27H21Cl2F3N4O6. The van der Waals surface area contributed by atoms with Crippen molar-refractivity contribution < 1.29 is 37.3 Å². The molecule has 0 aliphatic rings. The van der Waals surface area contributed by atoms with E-state index < -0.39 is 29.8 Å². The number of nitrogens with two attached hydrogens (primary N) is 1. The van der Waals surface area contributed by atoms with Gasteiger partial charge in [0, 0.05) is 5.56 Å². The molecule has 1 heterocycles. The summed E-state index contributed by atoms with van der Waals surface area (Å²) in [6.45, 7) is 2.79. The van der Waals surface area contributed by atoms with Crippen LogP contribution in [0.5, 0.6) is 11.5 Å². The number of hydrogen-bond donors (Lipinski definition) is 2. The van der Waals surface area contributed by atoms with Crippen LogP contribution in [-0.2, 0) is 15.7 Å². The van der Waals surface area contributed by atoms with E-state index in [4.69, 9.17) is 43.6 Å². The maximum atomic E-state index is 12.7. The zero-order valence-electron chi connectivity index (χ0n) is 21.7. The third-order valence-electron chi connectivity index (χ3n) is 5.39. The number of aliphatic carboxylic acids is 1. The smallest absolute Gasteiger partial charge is 0.416 e. The summed E-state index contributed by atoms with van der Waals surface area (Å²) in [4.78, 5) is 34.5. The standard InChI is InChI=1S/C17H11Cl2F3O5.C10H10N4O/c1-8(15(23)24)26-16(25)11-7-10(3-4-12(11)18)27-14-5-2-9(6-13(14)19)17(20,21)22;1-7-12-13-9(10(15)14(7)11)8-5-3-2-4-6-8/h2-8H,1H3,(H,23,24);2-6H,11H2,1H3/t8-;/m0./s1. The minimum atomic E-state index is -4.56. The summed E-state index contributed by atoms with van der Waals surface area (Å²) < 4.78 is 49.1. The van der Waals surface area contributed by atoms with Crippen molar-refractivity contribution in [3.05, 3.63) is 104 Å². The van der Waals surface area contributed by atoms with Crippen LogP contribution in [0.4, 0.5) is 13.2 Å². The van der Waals surface area contributed by atoms with E-state index in [1.165, 1.54) is 12.1 Å². The zero-order valence-corrected chi connectivity index (χ0v) is 23.2. The van der Waals surface area contributed by atoms with Gasteiger partial charge < -0.3 is 20.4 Å². The van der Waals surface area contributed by atoms with Gasteiger partial charge in [0.05, 0.1) is 21.2 Å². The Labute approximate surface area is 246 Å². The molecule has 0 amide bonds. The van der Waals surface area contributed by atoms with Crippen molar-refractivity contribution in [2.45, 2.75) is 26.1 Å². The van der Waals surface area contributed by atoms with Crippen molar-refractivity contribution in [1.29, 1.82) is 0 Å². The first kappa shape index (κ1) is 31.9. The quantitative estimate of drug-likeness (QED) is 0.202. The summed E-state index contributed by atoms with van der Waals surface area (Å²) >= 11 is 11.7. The van der Waals surface area contributed by atoms with Gasteiger partial charge in [-0.25, -0.2) is 14.3 Å². The molecule has 0 radical (unpaired) electrons. The molecule has 0 spiro atoms. The first-order valence-corrected chi connectivity index (χ1v) is 12.5. The van der Waals surface area contributed by atoms with Crippen LogP contribution in [0.1, 0.15) is 28.7 Å². The summed E-state index contributed by atoms with van der Waals surface area (Å²) in [5.74, 6) is 3.52. The highest BCUT2D eigenvalue weighted by Gasteiger charge is 2.31. The predicted molar refractivity (Wildman–Crippen MR) is 147 cm³/mol. The number of aryl methyl sites for hydroxylation is 1. The molecular weight excluding hydrogens is 604 g/mol. The molecule has 0 saturated heterocycles. The molecule has 3 N–H and O–H groups in total. The van der Waals surface area contributed by atoms with Crippen molar-refractivity contribution in [2.75, 3.05) is 5.84 Å². The summed E-state index contributed by atoms with van der Waals surface area (Å²) in [5.41, 5.74) is -0.472. The molecule has 10 nitrogen and oxygen atoms in total. The SMILES string of the molecule is C[C@H](OC(=O)c1cc(Oc2ccc(C(F)(F)F)cc2Cl)ccc1Cl)C(=O)O.Cc1nnc(-c2ccccc2)c(=O)n1N. The predicted octanol–water partition coefficient (Wildman–Crippen LogP) is 5.76. The van der Waals surface area contributed by atoms with E-state index in [0.717, 1.165) is 29.8 Å². The number of carboxylic acids is 1. The Morgan fingerprint density at radius 2 is 1.67 bits per heavy atom. The number of nitrogens with zero attached hydrogens (tertiary/aromatic N) is 3. The number of ether oxygens (including phenoxy) is 2. The Bertz CT molecular complexity index is 1670. The summed E-state index contributed by atoms with van der Waals surface area (Å²) in [6, 6.07) is 15.4. The Balaban J connectivity index is 0.000000271. The van der Waals surface area contributed by atoms with E-state index in [9.17, 15) is 27.6 Å². The van der Waals surface area contributed by atoms with Crippen molar-refractivity contribution >= 4 is 35.1 Å². The number of alkyl halides is 3. The van der Waals surface area contributed by atoms with Gasteiger partial charge in [-0.05, 0) is 50.2 Å². The maximum absolute atomic E-state index is 12.7. The number of rotatable bonds is 6. The van der Waals surface area contributed by atoms with E-state index in [0.29, 0.717) is 17.5 Å². The van der Waals surface area contributed by atoms with Crippen LogP contribution in [0, 0.1) is 6.92 Å². The fourth-order valence-corrected chi connectivity index (χ4v) is 3.55. The molecule has 42 heavy (non-hydrogen) atoms. The van der Waals surface area contributed by atoms with E-state index in [1.54, 1.807) is 19.1 Å². The number of carbonyl (C=O) groups is 2. The number of carbonyl (C=O) groups excluding carboxylic acids is 1. The molecule has 0 saturated carbocycles. The lowest BCUT2D eigenvalue weighted by Crippen LogP contribution is -2.32. The lowest BCUT2D eigenvalue weighted by atomic mass is 10.2. The molecule has 15 heteroatoms. The van der Waals surface area contributed by atoms with Crippen molar-refractivity contribution in [3.63, 3.8) is 0 Å². The van der Waals surface area contributed by atoms with E-state index >= 15 is 0 Å². The third kappa shape index (κ3) is 7.98. The number of nitrogen functional groups attached to an aromatic ring is 1. The van der Waals surface area contributed by atoms with Crippen LogP contribution in [-0.4, -0.2) is 38.0 Å². The van der Waals surface area contributed by atoms with Crippen molar-refractivity contribution in [3.8, 4) is 22.8 Å². The Kier molecular flexibility index (Phi) is 10.1. The highest BCUT2D eigenvalue weighted by Crippen LogP contribution is 2.37. The summed E-state index contributed by atoms with van der Waals surface area (Å²) in [5, 5.41) is 16.1. The molecule has 4 rings (SSSR count). The monoisotopic (exact) mass is 624 g/mol. The van der Waals surface area contributed by atoms with Gasteiger partial charge in [-0.2, -0.15) is 13.2 Å². The third-order valence-corrected chi connectivity index (χ3v) is 6.01. The van der Waals surface area contributed by atoms with E-state index in [-0.39, 0.29) is 38.4 Å². The van der Waals surface area contributed by atoms with Gasteiger partial charge in [-0.3, -0.25) is 4.79 Å². The van der Waals surface area contributed by atoms with Gasteiger partial charge in [0.1, 0.15) is 11.5 Å². The number of carboxylic acid groups (broad SMARTS) is 1. The number of esters is 1. The molecule has 4 aromatic rings. The van der Waals surface area contributed by atoms with Gasteiger partial charge in [-0.1, -0.05) is 53.5 Å². The van der Waals surface area contributed by atoms with E-state index in [1.807, 2.05) is 18.2 Å². The number of hydrogen-bond acceptors (Lipinski definition) is 8. The van der Waals surface area contributed by atoms with Gasteiger partial charge in [0.25, 0.3) is 5.56 Å². The molecule has 0 aliphatic heterocycles. The van der Waals surface area contributed by atoms with Crippen LogP contribution < -0.4 is 16.1 Å². The number of benzene rings is 3. The highest BCUT2D eigenvalue weighted by molar-refractivity contribution is 6.33. The average molecular weight is 625 g/mol. The Hall–Kier alpha value is -4.62. The summed E-state index contributed by atoms with van der Waals surface area (Å²) in [6.07, 6.45) is -5.96. The maximum Gasteiger partial charge on any atom is 0.416 e. The minimum Gasteiger partial charge on any atom is -0.479 e. The van der Waals surface area contributed by atoms with Crippen LogP contribution in [0.3, 0.4) is 0 Å². The second-order valence-corrected chi connectivity index (χ2v) is 9.22. The Morgan fingerprint density at radius 1 is 1.00 bits per heavy atom. The molecule has 0 fully saturated rings. The first-order chi connectivity index (χ1) is 19.7. The van der Waals surface area contributed by atoms with Gasteiger partial charge in [0.15, 0.2) is 17.6 Å². The molecule has 0 aliphatic carbocycles. The molecule has 0 bridgehead atoms. The molecule has 220 valence electrons. The highest BCUT2D eigenvalue weighted by atomic mass is 35.5. The Morgan fingerprint density at radius 3 is 2.26 bits per heavy atom. The second kappa shape index (κ2) is 13.4. The molecule has 1 aromatic heterocycles. The van der Waals surface area contributed by atoms with E-state index in [2.05, 4.69) is 10.2 Å². The van der Waals surface area contributed by atoms with Gasteiger partial charge >= 0.3 is 18.1 Å². The largest absolute Gasteiger partial charge is 0.479 e. The van der Waals surface area contributed by atoms with Crippen LogP contribution in [0.15, 0.2) is 71.5 Å². The van der Waals surface area contributed by atoms with Crippen LogP contribution in [0.25, 0.3) is 11.3 Å². The number of aromatic nitrogens is 3. The molecule has 1 atom stereocenters. The first-order valence-electron chi connectivity index (χ1n) is 11.7. The van der Waals surface area contributed by atoms with Gasteiger partial charge in [0.2, 0.25) is 0 Å². The van der Waals surface area contributed by atoms with Crippen LogP contribution in [0.2, 0.25) is 10.0 Å². The zero-order chi connectivity index (χ0) is 31.2. The van der Waals surface area contributed by atoms with Crippen LogP contribution >= 0.6 is 23.2 Å².